The Morgan fingerprint density at radius 1 is 1.00 bits per heavy atom. The van der Waals surface area contributed by atoms with Crippen molar-refractivity contribution in [1.82, 2.24) is 0 Å². The average molecular weight is 305 g/mol. The van der Waals surface area contributed by atoms with Gasteiger partial charge in [-0.3, -0.25) is 0 Å². The predicted molar refractivity (Wildman–Crippen MR) is 81.8 cm³/mol. The quantitative estimate of drug-likeness (QED) is 0.822. The molecule has 0 amide bonds. The summed E-state index contributed by atoms with van der Waals surface area (Å²) in [5.74, 6) is 0.260. The highest BCUT2D eigenvalue weighted by Crippen LogP contribution is 2.58. The molecule has 0 atom stereocenters. The van der Waals surface area contributed by atoms with Crippen LogP contribution in [0.2, 0.25) is 10.0 Å². The highest BCUT2D eigenvalue weighted by Gasteiger charge is 2.49. The highest BCUT2D eigenvalue weighted by molar-refractivity contribution is 6.32. The molecule has 0 saturated carbocycles. The van der Waals surface area contributed by atoms with E-state index in [4.69, 9.17) is 23.2 Å². The fourth-order valence-electron chi connectivity index (χ4n) is 4.10. The Hall–Kier alpha value is -1.02. The van der Waals surface area contributed by atoms with E-state index in [2.05, 4.69) is 12.1 Å². The number of benzene rings is 2. The van der Waals surface area contributed by atoms with Crippen molar-refractivity contribution in [2.24, 2.45) is 0 Å². The van der Waals surface area contributed by atoms with Gasteiger partial charge in [-0.1, -0.05) is 47.5 Å². The number of hydrogen-bond acceptors (Lipinski definition) is 1. The van der Waals surface area contributed by atoms with E-state index in [0.29, 0.717) is 0 Å². The summed E-state index contributed by atoms with van der Waals surface area (Å²) in [5, 5.41) is 11.7. The van der Waals surface area contributed by atoms with Gasteiger partial charge >= 0.3 is 0 Å². The van der Waals surface area contributed by atoms with E-state index in [1.165, 1.54) is 11.1 Å². The van der Waals surface area contributed by atoms with Crippen LogP contribution in [0.15, 0.2) is 36.4 Å². The van der Waals surface area contributed by atoms with E-state index in [0.717, 1.165) is 34.0 Å². The summed E-state index contributed by atoms with van der Waals surface area (Å²) in [4.78, 5) is 0. The summed E-state index contributed by atoms with van der Waals surface area (Å²) >= 11 is 12.9. The van der Waals surface area contributed by atoms with Crippen LogP contribution in [0.25, 0.3) is 0 Å². The zero-order valence-corrected chi connectivity index (χ0v) is 12.4. The van der Waals surface area contributed by atoms with Gasteiger partial charge in [-0.25, -0.2) is 0 Å². The van der Waals surface area contributed by atoms with Gasteiger partial charge in [-0.05, 0) is 47.2 Å². The number of halogens is 2. The lowest BCUT2D eigenvalue weighted by atomic mass is 9.55. The largest absolute Gasteiger partial charge is 0.395 e. The first-order chi connectivity index (χ1) is 9.69. The van der Waals surface area contributed by atoms with Gasteiger partial charge in [0.15, 0.2) is 0 Å². The average Bonchev–Trinajstić information content (AvgIpc) is 2.48. The Morgan fingerprint density at radius 2 is 1.55 bits per heavy atom. The molecule has 0 spiro atoms. The molecular weight excluding hydrogens is 291 g/mol. The summed E-state index contributed by atoms with van der Waals surface area (Å²) in [5.41, 5.74) is 4.34. The molecule has 2 aromatic rings. The maximum Gasteiger partial charge on any atom is 0.0568 e. The van der Waals surface area contributed by atoms with Gasteiger partial charge in [-0.2, -0.15) is 0 Å². The molecule has 0 aromatic heterocycles. The van der Waals surface area contributed by atoms with Crippen LogP contribution in [-0.4, -0.2) is 11.7 Å². The molecule has 0 heterocycles. The summed E-state index contributed by atoms with van der Waals surface area (Å²) in [6.45, 7) is 0.0976. The molecule has 2 aromatic carbocycles. The third-order valence-electron chi connectivity index (χ3n) is 4.96. The Kier molecular flexibility index (Phi) is 2.69. The van der Waals surface area contributed by atoms with Crippen molar-refractivity contribution in [3.63, 3.8) is 0 Å². The van der Waals surface area contributed by atoms with Gasteiger partial charge in [0.1, 0.15) is 0 Å². The molecule has 5 rings (SSSR count). The Labute approximate surface area is 128 Å². The molecule has 102 valence electrons. The van der Waals surface area contributed by atoms with Crippen molar-refractivity contribution in [2.75, 3.05) is 6.61 Å². The van der Waals surface area contributed by atoms with E-state index < -0.39 is 0 Å². The molecule has 0 fully saturated rings. The van der Waals surface area contributed by atoms with Crippen molar-refractivity contribution in [1.29, 1.82) is 0 Å². The molecule has 2 bridgehead atoms. The summed E-state index contributed by atoms with van der Waals surface area (Å²) in [6, 6.07) is 12.0. The van der Waals surface area contributed by atoms with E-state index >= 15 is 0 Å². The lowest BCUT2D eigenvalue weighted by molar-refractivity contribution is 0.190. The maximum absolute atomic E-state index is 10.2. The van der Waals surface area contributed by atoms with Crippen LogP contribution in [0.5, 0.6) is 0 Å². The van der Waals surface area contributed by atoms with Crippen LogP contribution in [-0.2, 0) is 5.41 Å². The molecular formula is C17H14Cl2O. The summed E-state index contributed by atoms with van der Waals surface area (Å²) in [7, 11) is 0. The van der Waals surface area contributed by atoms with Crippen molar-refractivity contribution < 1.29 is 5.11 Å². The molecule has 1 N–H and O–H groups in total. The van der Waals surface area contributed by atoms with Crippen LogP contribution >= 0.6 is 23.2 Å². The summed E-state index contributed by atoms with van der Waals surface area (Å²) in [6.07, 6.45) is 1.95. The van der Waals surface area contributed by atoms with Gasteiger partial charge in [0, 0.05) is 21.4 Å². The Balaban J connectivity index is 2.13. The standard InChI is InChI=1S/C17H14Cl2O/c18-13-5-1-3-11-15(13)10-7-8-17(11,9-20)12-4-2-6-14(19)16(10)12/h1-6,10,20H,7-9H2. The van der Waals surface area contributed by atoms with Crippen molar-refractivity contribution in [3.05, 3.63) is 68.7 Å². The zero-order valence-electron chi connectivity index (χ0n) is 10.9. The smallest absolute Gasteiger partial charge is 0.0568 e. The molecule has 3 heteroatoms. The van der Waals surface area contributed by atoms with Crippen LogP contribution in [0.4, 0.5) is 0 Å². The molecule has 0 saturated heterocycles. The second-order valence-corrected chi connectivity index (χ2v) is 6.55. The van der Waals surface area contributed by atoms with Crippen molar-refractivity contribution >= 4 is 23.2 Å². The third kappa shape index (κ3) is 1.38. The molecule has 0 aliphatic heterocycles. The Bertz CT molecular complexity index is 655. The van der Waals surface area contributed by atoms with Crippen LogP contribution in [0.1, 0.15) is 41.0 Å². The van der Waals surface area contributed by atoms with Crippen LogP contribution < -0.4 is 0 Å². The van der Waals surface area contributed by atoms with Crippen LogP contribution in [0, 0.1) is 0 Å². The number of aliphatic hydroxyl groups excluding tert-OH is 1. The SMILES string of the molecule is OCC12CCC(c3c(Cl)cccc31)c1c(Cl)cccc12. The van der Waals surface area contributed by atoms with Crippen LogP contribution in [0.3, 0.4) is 0 Å². The molecule has 1 nitrogen and oxygen atoms in total. The molecule has 3 aliphatic carbocycles. The van der Waals surface area contributed by atoms with E-state index in [-0.39, 0.29) is 17.9 Å². The van der Waals surface area contributed by atoms with E-state index in [1.54, 1.807) is 0 Å². The van der Waals surface area contributed by atoms with Gasteiger partial charge in [0.25, 0.3) is 0 Å². The normalized spacial score (nSPS) is 26.2. The number of rotatable bonds is 1. The second kappa shape index (κ2) is 4.24. The monoisotopic (exact) mass is 304 g/mol. The van der Waals surface area contributed by atoms with E-state index in [9.17, 15) is 5.11 Å². The number of hydrogen-bond donors (Lipinski definition) is 1. The lowest BCUT2D eigenvalue weighted by Crippen LogP contribution is -2.43. The fourth-order valence-corrected chi connectivity index (χ4v) is 4.72. The van der Waals surface area contributed by atoms with Gasteiger partial charge in [-0.15, -0.1) is 0 Å². The first-order valence-corrected chi connectivity index (χ1v) is 7.63. The Morgan fingerprint density at radius 3 is 2.05 bits per heavy atom. The van der Waals surface area contributed by atoms with Gasteiger partial charge < -0.3 is 5.11 Å². The van der Waals surface area contributed by atoms with Crippen molar-refractivity contribution in [3.8, 4) is 0 Å². The second-order valence-electron chi connectivity index (χ2n) is 5.73. The lowest BCUT2D eigenvalue weighted by Gasteiger charge is -2.49. The molecule has 3 aliphatic rings. The molecule has 0 unspecified atom stereocenters. The fraction of sp³-hybridized carbons (Fsp3) is 0.294. The van der Waals surface area contributed by atoms with Crippen molar-refractivity contribution in [2.45, 2.75) is 24.2 Å². The zero-order chi connectivity index (χ0) is 13.9. The van der Waals surface area contributed by atoms with Gasteiger partial charge in [0.2, 0.25) is 0 Å². The minimum Gasteiger partial charge on any atom is -0.395 e. The third-order valence-corrected chi connectivity index (χ3v) is 5.62. The highest BCUT2D eigenvalue weighted by atomic mass is 35.5. The molecule has 0 radical (unpaired) electrons. The summed E-state index contributed by atoms with van der Waals surface area (Å²) < 4.78 is 0. The topological polar surface area (TPSA) is 20.2 Å². The molecule has 20 heavy (non-hydrogen) atoms. The minimum atomic E-state index is -0.338. The van der Waals surface area contributed by atoms with E-state index in [1.807, 2.05) is 24.3 Å². The number of fused-ring (bicyclic) bond motifs is 1. The minimum absolute atomic E-state index is 0.0976. The first kappa shape index (κ1) is 12.7. The predicted octanol–water partition coefficient (Wildman–Crippen LogP) is 4.51. The first-order valence-electron chi connectivity index (χ1n) is 6.87. The number of aliphatic hydroxyl groups is 1. The van der Waals surface area contributed by atoms with Gasteiger partial charge in [0.05, 0.1) is 6.61 Å². The maximum atomic E-state index is 10.2.